The molecule has 11 heavy (non-hydrogen) atoms. The van der Waals surface area contributed by atoms with Crippen LogP contribution in [-0.4, -0.2) is 23.9 Å². The number of hydrogen-bond donors (Lipinski definition) is 0. The summed E-state index contributed by atoms with van der Waals surface area (Å²) in [6.07, 6.45) is 2.44. The summed E-state index contributed by atoms with van der Waals surface area (Å²) >= 11 is 0. The molecule has 1 aromatic rings. The van der Waals surface area contributed by atoms with Crippen LogP contribution in [0.5, 0.6) is 5.88 Å². The summed E-state index contributed by atoms with van der Waals surface area (Å²) in [6, 6.07) is 0. The second kappa shape index (κ2) is 3.27. The standard InChI is InChI=1S/C7H12N2O2/c1-4-6-7(10-2)8-5-9(6)11-3/h5H,4H2,1-3H3. The molecular weight excluding hydrogens is 144 g/mol. The molecule has 4 heteroatoms. The molecule has 0 aliphatic heterocycles. The van der Waals surface area contributed by atoms with Crippen molar-refractivity contribution in [1.82, 2.24) is 9.71 Å². The van der Waals surface area contributed by atoms with Gasteiger partial charge in [-0.2, -0.15) is 9.71 Å². The van der Waals surface area contributed by atoms with Crippen LogP contribution in [0.3, 0.4) is 0 Å². The summed E-state index contributed by atoms with van der Waals surface area (Å²) in [7, 11) is 3.20. The molecule has 0 unspecified atom stereocenters. The molecule has 0 saturated heterocycles. The number of rotatable bonds is 3. The summed E-state index contributed by atoms with van der Waals surface area (Å²) in [5.74, 6) is 0.634. The van der Waals surface area contributed by atoms with Crippen molar-refractivity contribution in [2.24, 2.45) is 0 Å². The molecule has 4 nitrogen and oxygen atoms in total. The maximum atomic E-state index is 5.01. The van der Waals surface area contributed by atoms with E-state index in [1.165, 1.54) is 0 Å². The molecule has 1 heterocycles. The third-order valence-corrected chi connectivity index (χ3v) is 1.52. The fourth-order valence-corrected chi connectivity index (χ4v) is 0.978. The average molecular weight is 156 g/mol. The van der Waals surface area contributed by atoms with Gasteiger partial charge in [0, 0.05) is 0 Å². The highest BCUT2D eigenvalue weighted by atomic mass is 16.6. The van der Waals surface area contributed by atoms with Crippen LogP contribution in [0.4, 0.5) is 0 Å². The maximum Gasteiger partial charge on any atom is 0.238 e. The Morgan fingerprint density at radius 1 is 1.55 bits per heavy atom. The zero-order valence-corrected chi connectivity index (χ0v) is 7.00. The van der Waals surface area contributed by atoms with Crippen molar-refractivity contribution in [1.29, 1.82) is 0 Å². The van der Waals surface area contributed by atoms with E-state index >= 15 is 0 Å². The highest BCUT2D eigenvalue weighted by molar-refractivity contribution is 5.18. The summed E-state index contributed by atoms with van der Waals surface area (Å²) in [4.78, 5) is 8.98. The van der Waals surface area contributed by atoms with Crippen LogP contribution in [-0.2, 0) is 6.42 Å². The van der Waals surface area contributed by atoms with Crippen molar-refractivity contribution in [2.45, 2.75) is 13.3 Å². The van der Waals surface area contributed by atoms with Crippen LogP contribution in [0.1, 0.15) is 12.6 Å². The molecule has 0 atom stereocenters. The lowest BCUT2D eigenvalue weighted by Crippen LogP contribution is -2.07. The molecule has 0 bridgehead atoms. The van der Waals surface area contributed by atoms with E-state index in [2.05, 4.69) is 4.98 Å². The molecule has 0 aliphatic rings. The fraction of sp³-hybridized carbons (Fsp3) is 0.571. The van der Waals surface area contributed by atoms with Gasteiger partial charge < -0.3 is 9.57 Å². The van der Waals surface area contributed by atoms with Crippen molar-refractivity contribution in [3.63, 3.8) is 0 Å². The first-order valence-electron chi connectivity index (χ1n) is 3.48. The molecule has 0 amide bonds. The largest absolute Gasteiger partial charge is 0.480 e. The summed E-state index contributed by atoms with van der Waals surface area (Å²) in [5.41, 5.74) is 0.954. The molecule has 0 spiro atoms. The zero-order chi connectivity index (χ0) is 8.27. The minimum absolute atomic E-state index is 0.634. The van der Waals surface area contributed by atoms with Crippen molar-refractivity contribution in [3.8, 4) is 5.88 Å². The quantitative estimate of drug-likeness (QED) is 0.639. The average Bonchev–Trinajstić information content (AvgIpc) is 2.45. The smallest absolute Gasteiger partial charge is 0.238 e. The van der Waals surface area contributed by atoms with Gasteiger partial charge in [0.2, 0.25) is 5.88 Å². The van der Waals surface area contributed by atoms with E-state index in [9.17, 15) is 0 Å². The van der Waals surface area contributed by atoms with Gasteiger partial charge in [-0.25, -0.2) is 0 Å². The third-order valence-electron chi connectivity index (χ3n) is 1.52. The van der Waals surface area contributed by atoms with Crippen LogP contribution in [0.2, 0.25) is 0 Å². The highest BCUT2D eigenvalue weighted by Crippen LogP contribution is 2.14. The van der Waals surface area contributed by atoms with Crippen LogP contribution in [0.25, 0.3) is 0 Å². The lowest BCUT2D eigenvalue weighted by molar-refractivity contribution is 0.158. The molecule has 0 saturated carbocycles. The Labute approximate surface area is 65.7 Å². The summed E-state index contributed by atoms with van der Waals surface area (Å²) in [5, 5.41) is 0. The minimum atomic E-state index is 0.634. The molecule has 1 aromatic heterocycles. The predicted octanol–water partition coefficient (Wildman–Crippen LogP) is 0.512. The fourth-order valence-electron chi connectivity index (χ4n) is 0.978. The van der Waals surface area contributed by atoms with E-state index in [-0.39, 0.29) is 0 Å². The minimum Gasteiger partial charge on any atom is -0.480 e. The second-order valence-electron chi connectivity index (χ2n) is 2.06. The van der Waals surface area contributed by atoms with E-state index in [1.807, 2.05) is 6.92 Å². The maximum absolute atomic E-state index is 5.01. The zero-order valence-electron chi connectivity index (χ0n) is 7.00. The number of imidazole rings is 1. The van der Waals surface area contributed by atoms with Crippen molar-refractivity contribution in [2.75, 3.05) is 14.2 Å². The topological polar surface area (TPSA) is 36.3 Å². The van der Waals surface area contributed by atoms with Gasteiger partial charge in [-0.3, -0.25) is 0 Å². The van der Waals surface area contributed by atoms with E-state index in [1.54, 1.807) is 25.3 Å². The Balaban J connectivity index is 2.99. The molecule has 1 rings (SSSR count). The van der Waals surface area contributed by atoms with Gasteiger partial charge in [0.05, 0.1) is 7.11 Å². The normalized spacial score (nSPS) is 9.73. The first-order valence-corrected chi connectivity index (χ1v) is 3.48. The van der Waals surface area contributed by atoms with Crippen LogP contribution >= 0.6 is 0 Å². The Morgan fingerprint density at radius 3 is 2.73 bits per heavy atom. The summed E-state index contributed by atoms with van der Waals surface area (Å²) in [6.45, 7) is 2.02. The molecule has 0 N–H and O–H groups in total. The van der Waals surface area contributed by atoms with Gasteiger partial charge in [0.15, 0.2) is 0 Å². The van der Waals surface area contributed by atoms with Crippen LogP contribution < -0.4 is 9.57 Å². The Hall–Kier alpha value is -1.19. The van der Waals surface area contributed by atoms with E-state index in [0.29, 0.717) is 5.88 Å². The monoisotopic (exact) mass is 156 g/mol. The Kier molecular flexibility index (Phi) is 2.36. The molecule has 0 radical (unpaired) electrons. The van der Waals surface area contributed by atoms with Gasteiger partial charge in [-0.05, 0) is 6.42 Å². The highest BCUT2D eigenvalue weighted by Gasteiger charge is 2.08. The van der Waals surface area contributed by atoms with Gasteiger partial charge in [-0.1, -0.05) is 6.92 Å². The molecule has 0 fully saturated rings. The second-order valence-corrected chi connectivity index (χ2v) is 2.06. The van der Waals surface area contributed by atoms with Gasteiger partial charge >= 0.3 is 0 Å². The number of aromatic nitrogens is 2. The first-order chi connectivity index (χ1) is 5.33. The number of hydrogen-bond acceptors (Lipinski definition) is 3. The number of ether oxygens (including phenoxy) is 1. The Bertz CT molecular complexity index is 211. The van der Waals surface area contributed by atoms with E-state index < -0.39 is 0 Å². The predicted molar refractivity (Wildman–Crippen MR) is 40.7 cm³/mol. The van der Waals surface area contributed by atoms with Gasteiger partial charge in [-0.15, -0.1) is 0 Å². The van der Waals surface area contributed by atoms with Crippen molar-refractivity contribution < 1.29 is 9.57 Å². The lowest BCUT2D eigenvalue weighted by atomic mass is 10.4. The SMILES string of the molecule is CCc1c(OC)ncn1OC. The molecular formula is C7H12N2O2. The number of methoxy groups -OCH3 is 1. The van der Waals surface area contributed by atoms with Crippen LogP contribution in [0.15, 0.2) is 6.33 Å². The first kappa shape index (κ1) is 7.91. The van der Waals surface area contributed by atoms with E-state index in [4.69, 9.17) is 9.57 Å². The lowest BCUT2D eigenvalue weighted by Gasteiger charge is -2.03. The third kappa shape index (κ3) is 1.29. The van der Waals surface area contributed by atoms with Gasteiger partial charge in [0.25, 0.3) is 0 Å². The van der Waals surface area contributed by atoms with Crippen molar-refractivity contribution >= 4 is 0 Å². The van der Waals surface area contributed by atoms with Gasteiger partial charge in [0.1, 0.15) is 19.1 Å². The summed E-state index contributed by atoms with van der Waals surface area (Å²) < 4.78 is 6.60. The van der Waals surface area contributed by atoms with Crippen LogP contribution in [0, 0.1) is 0 Å². The molecule has 0 aliphatic carbocycles. The molecule has 0 aromatic carbocycles. The number of nitrogens with zero attached hydrogens (tertiary/aromatic N) is 2. The molecule has 62 valence electrons. The Morgan fingerprint density at radius 2 is 2.27 bits per heavy atom. The van der Waals surface area contributed by atoms with Crippen molar-refractivity contribution in [3.05, 3.63) is 12.0 Å². The van der Waals surface area contributed by atoms with E-state index in [0.717, 1.165) is 12.1 Å².